The van der Waals surface area contributed by atoms with Crippen LogP contribution in [0.15, 0.2) is 60.1 Å². The van der Waals surface area contributed by atoms with Crippen LogP contribution in [-0.4, -0.2) is 43.2 Å². The quantitative estimate of drug-likeness (QED) is 0.353. The number of aromatic nitrogens is 1. The van der Waals surface area contributed by atoms with E-state index < -0.39 is 0 Å². The van der Waals surface area contributed by atoms with E-state index in [1.807, 2.05) is 40.6 Å². The monoisotopic (exact) mass is 494 g/mol. The van der Waals surface area contributed by atoms with Gasteiger partial charge in [-0.25, -0.2) is 0 Å². The largest absolute Gasteiger partial charge is 0.493 e. The summed E-state index contributed by atoms with van der Waals surface area (Å²) in [6, 6.07) is 15.0. The van der Waals surface area contributed by atoms with Crippen molar-refractivity contribution >= 4 is 39.7 Å². The molecule has 1 aliphatic heterocycles. The van der Waals surface area contributed by atoms with Gasteiger partial charge in [0.15, 0.2) is 18.1 Å². The first-order valence-electron chi connectivity index (χ1n) is 10.8. The van der Waals surface area contributed by atoms with Gasteiger partial charge in [0.2, 0.25) is 0 Å². The van der Waals surface area contributed by atoms with Crippen molar-refractivity contribution in [1.82, 2.24) is 9.88 Å². The minimum Gasteiger partial charge on any atom is -0.493 e. The number of hydrogen-bond donors (Lipinski definition) is 0. The average Bonchev–Trinajstić information content (AvgIpc) is 3.41. The summed E-state index contributed by atoms with van der Waals surface area (Å²) in [7, 11) is 3.25. The molecule has 0 aliphatic carbocycles. The van der Waals surface area contributed by atoms with Gasteiger partial charge >= 0.3 is 0 Å². The van der Waals surface area contributed by atoms with Crippen LogP contribution in [0.3, 0.4) is 0 Å². The van der Waals surface area contributed by atoms with Crippen LogP contribution in [0.2, 0.25) is 5.02 Å². The maximum absolute atomic E-state index is 13.5. The van der Waals surface area contributed by atoms with Gasteiger partial charge in [0.05, 0.1) is 25.3 Å². The molecular weight excluding hydrogens is 472 g/mol. The summed E-state index contributed by atoms with van der Waals surface area (Å²) in [6.45, 7) is 0.477. The Bertz CT molecular complexity index is 1340. The Balaban J connectivity index is 1.45. The summed E-state index contributed by atoms with van der Waals surface area (Å²) in [5.41, 5.74) is 2.82. The van der Waals surface area contributed by atoms with Crippen molar-refractivity contribution in [3.63, 3.8) is 0 Å². The molecule has 4 aromatic rings. The molecule has 1 unspecified atom stereocenters. The molecule has 34 heavy (non-hydrogen) atoms. The van der Waals surface area contributed by atoms with Crippen molar-refractivity contribution < 1.29 is 19.0 Å². The Morgan fingerprint density at radius 2 is 1.94 bits per heavy atom. The van der Waals surface area contributed by atoms with Crippen molar-refractivity contribution in [3.05, 3.63) is 81.1 Å². The molecule has 0 N–H and O–H groups in total. The van der Waals surface area contributed by atoms with E-state index >= 15 is 0 Å². The summed E-state index contributed by atoms with van der Waals surface area (Å²) in [5, 5.41) is 3.41. The summed E-state index contributed by atoms with van der Waals surface area (Å²) in [5.74, 6) is 1.77. The molecule has 174 valence electrons. The Morgan fingerprint density at radius 1 is 1.12 bits per heavy atom. The fourth-order valence-electron chi connectivity index (χ4n) is 4.42. The average molecular weight is 495 g/mol. The number of halogens is 1. The van der Waals surface area contributed by atoms with E-state index in [2.05, 4.69) is 11.1 Å². The summed E-state index contributed by atoms with van der Waals surface area (Å²) in [6.07, 6.45) is 2.40. The number of carbonyl (C=O) groups excluding carboxylic acids is 1. The van der Waals surface area contributed by atoms with Crippen molar-refractivity contribution in [2.75, 3.05) is 27.4 Å². The van der Waals surface area contributed by atoms with Gasteiger partial charge in [-0.05, 0) is 65.4 Å². The van der Waals surface area contributed by atoms with E-state index in [4.69, 9.17) is 25.8 Å². The highest BCUT2D eigenvalue weighted by Crippen LogP contribution is 2.42. The number of rotatable bonds is 6. The van der Waals surface area contributed by atoms with Crippen LogP contribution in [0.5, 0.6) is 17.2 Å². The maximum atomic E-state index is 13.5. The Hall–Kier alpha value is -3.29. The van der Waals surface area contributed by atoms with E-state index in [0.29, 0.717) is 40.8 Å². The fraction of sp³-hybridized carbons (Fsp3) is 0.231. The smallest absolute Gasteiger partial charge is 0.261 e. The first kappa shape index (κ1) is 22.5. The van der Waals surface area contributed by atoms with E-state index in [9.17, 15) is 4.79 Å². The Morgan fingerprint density at radius 3 is 2.71 bits per heavy atom. The normalized spacial score (nSPS) is 15.1. The SMILES string of the molecule is COc1cc2c(cc1OC)C(c1cccs1)N(C(=O)COc1ccc(Cl)c3cccnc13)CC2. The van der Waals surface area contributed by atoms with E-state index in [0.717, 1.165) is 21.4 Å². The van der Waals surface area contributed by atoms with Gasteiger partial charge < -0.3 is 19.1 Å². The molecule has 1 atom stereocenters. The van der Waals surface area contributed by atoms with Crippen LogP contribution in [0.1, 0.15) is 22.0 Å². The van der Waals surface area contributed by atoms with Crippen molar-refractivity contribution in [1.29, 1.82) is 0 Å². The van der Waals surface area contributed by atoms with Gasteiger partial charge in [0, 0.05) is 23.0 Å². The number of pyridine rings is 1. The minimum atomic E-state index is -0.222. The zero-order chi connectivity index (χ0) is 23.7. The second kappa shape index (κ2) is 9.52. The van der Waals surface area contributed by atoms with E-state index in [1.54, 1.807) is 43.9 Å². The van der Waals surface area contributed by atoms with Crippen LogP contribution in [0, 0.1) is 0 Å². The van der Waals surface area contributed by atoms with Crippen LogP contribution in [-0.2, 0) is 11.2 Å². The second-order valence-corrected chi connectivity index (χ2v) is 9.28. The first-order chi connectivity index (χ1) is 16.6. The van der Waals surface area contributed by atoms with Crippen LogP contribution in [0.25, 0.3) is 10.9 Å². The second-order valence-electron chi connectivity index (χ2n) is 7.89. The number of thiophene rings is 1. The van der Waals surface area contributed by atoms with Crippen LogP contribution < -0.4 is 14.2 Å². The summed E-state index contributed by atoms with van der Waals surface area (Å²) in [4.78, 5) is 20.8. The lowest BCUT2D eigenvalue weighted by Gasteiger charge is -2.37. The molecular formula is C26H23ClN2O4S. The predicted octanol–water partition coefficient (Wildman–Crippen LogP) is 5.52. The summed E-state index contributed by atoms with van der Waals surface area (Å²) >= 11 is 7.92. The highest BCUT2D eigenvalue weighted by atomic mass is 35.5. The zero-order valence-electron chi connectivity index (χ0n) is 18.8. The zero-order valence-corrected chi connectivity index (χ0v) is 20.4. The lowest BCUT2D eigenvalue weighted by molar-refractivity contribution is -0.135. The number of ether oxygens (including phenoxy) is 3. The third kappa shape index (κ3) is 4.06. The van der Waals surface area contributed by atoms with Crippen molar-refractivity contribution in [2.45, 2.75) is 12.5 Å². The molecule has 8 heteroatoms. The number of fused-ring (bicyclic) bond motifs is 2. The molecule has 3 heterocycles. The molecule has 2 aromatic carbocycles. The topological polar surface area (TPSA) is 60.9 Å². The molecule has 2 aromatic heterocycles. The molecule has 1 aliphatic rings. The maximum Gasteiger partial charge on any atom is 0.261 e. The summed E-state index contributed by atoms with van der Waals surface area (Å²) < 4.78 is 17.0. The predicted molar refractivity (Wildman–Crippen MR) is 133 cm³/mol. The van der Waals surface area contributed by atoms with Gasteiger partial charge in [-0.15, -0.1) is 11.3 Å². The first-order valence-corrected chi connectivity index (χ1v) is 12.1. The number of amides is 1. The van der Waals surface area contributed by atoms with Gasteiger partial charge in [-0.3, -0.25) is 9.78 Å². The van der Waals surface area contributed by atoms with Crippen molar-refractivity contribution in [2.24, 2.45) is 0 Å². The molecule has 6 nitrogen and oxygen atoms in total. The fourth-order valence-corrected chi connectivity index (χ4v) is 5.49. The highest BCUT2D eigenvalue weighted by molar-refractivity contribution is 7.10. The minimum absolute atomic E-state index is 0.0992. The molecule has 0 saturated heterocycles. The standard InChI is InChI=1S/C26H23ClN2O4S/c1-31-21-13-16-9-11-29(26(23-6-4-12-34-23)18(16)14-22(21)32-2)24(30)15-33-20-8-7-19(27)17-5-3-10-28-25(17)20/h3-8,10,12-14,26H,9,11,15H2,1-2H3. The molecule has 0 spiro atoms. The molecule has 0 fully saturated rings. The van der Waals surface area contributed by atoms with Crippen LogP contribution in [0.4, 0.5) is 0 Å². The lowest BCUT2D eigenvalue weighted by atomic mass is 9.90. The number of methoxy groups -OCH3 is 2. The van der Waals surface area contributed by atoms with Gasteiger partial charge in [0.25, 0.3) is 5.91 Å². The molecule has 1 amide bonds. The number of hydrogen-bond acceptors (Lipinski definition) is 6. The molecule has 0 saturated carbocycles. The highest BCUT2D eigenvalue weighted by Gasteiger charge is 2.34. The van der Waals surface area contributed by atoms with Gasteiger partial charge in [-0.2, -0.15) is 0 Å². The van der Waals surface area contributed by atoms with Crippen molar-refractivity contribution in [3.8, 4) is 17.2 Å². The van der Waals surface area contributed by atoms with E-state index in [-0.39, 0.29) is 18.6 Å². The molecule has 0 radical (unpaired) electrons. The number of benzene rings is 2. The van der Waals surface area contributed by atoms with E-state index in [1.165, 1.54) is 0 Å². The van der Waals surface area contributed by atoms with Gasteiger partial charge in [0.1, 0.15) is 11.3 Å². The third-order valence-corrected chi connectivity index (χ3v) is 7.29. The number of carbonyl (C=O) groups is 1. The Labute approximate surface area is 206 Å². The molecule has 5 rings (SSSR count). The van der Waals surface area contributed by atoms with Gasteiger partial charge in [-0.1, -0.05) is 17.7 Å². The van der Waals surface area contributed by atoms with Crippen LogP contribution >= 0.6 is 22.9 Å². The molecule has 0 bridgehead atoms. The lowest BCUT2D eigenvalue weighted by Crippen LogP contribution is -2.42. The third-order valence-electron chi connectivity index (χ3n) is 6.04. The Kier molecular flexibility index (Phi) is 6.30. The number of nitrogens with zero attached hydrogens (tertiary/aromatic N) is 2.